The first-order valence-corrected chi connectivity index (χ1v) is 10.3. The molecular formula is C23H30N2O6. The number of carbonyl (C=O) groups is 2. The van der Waals surface area contributed by atoms with Gasteiger partial charge in [-0.1, -0.05) is 36.4 Å². The molecule has 0 saturated carbocycles. The van der Waals surface area contributed by atoms with Crippen molar-refractivity contribution in [2.45, 2.75) is 37.4 Å². The van der Waals surface area contributed by atoms with E-state index in [1.165, 1.54) is 18.5 Å². The number of piperidine rings is 1. The van der Waals surface area contributed by atoms with Crippen molar-refractivity contribution in [3.05, 3.63) is 60.3 Å². The first kappa shape index (κ1) is 24.3. The summed E-state index contributed by atoms with van der Waals surface area (Å²) in [5.41, 5.74) is 1.37. The van der Waals surface area contributed by atoms with Crippen LogP contribution in [0.25, 0.3) is 0 Å². The fourth-order valence-electron chi connectivity index (χ4n) is 4.06. The van der Waals surface area contributed by atoms with E-state index < -0.39 is 0 Å². The number of rotatable bonds is 5. The second kappa shape index (κ2) is 13.4. The summed E-state index contributed by atoms with van der Waals surface area (Å²) in [4.78, 5) is 23.5. The predicted molar refractivity (Wildman–Crippen MR) is 115 cm³/mol. The van der Waals surface area contributed by atoms with E-state index >= 15 is 0 Å². The lowest BCUT2D eigenvalue weighted by atomic mass is 9.89. The molecule has 3 heterocycles. The summed E-state index contributed by atoms with van der Waals surface area (Å²) < 4.78 is 12.3. The SMILES string of the molecule is O=CO.O=CO.c1ccc(CCN2CCC[C@@]3(C[C@@H](Oc4ccccn4)CO3)C2)cc1. The molecule has 1 spiro atoms. The molecule has 2 atom stereocenters. The number of likely N-dealkylation sites (tertiary alicyclic amines) is 1. The van der Waals surface area contributed by atoms with Gasteiger partial charge in [-0.25, -0.2) is 4.98 Å². The molecular weight excluding hydrogens is 400 g/mol. The summed E-state index contributed by atoms with van der Waals surface area (Å²) in [5.74, 6) is 0.699. The van der Waals surface area contributed by atoms with Crippen molar-refractivity contribution in [3.8, 4) is 5.88 Å². The Hall–Kier alpha value is -2.97. The van der Waals surface area contributed by atoms with Crippen LogP contribution in [0.4, 0.5) is 0 Å². The second-order valence-electron chi connectivity index (χ2n) is 7.43. The number of pyridine rings is 1. The van der Waals surface area contributed by atoms with E-state index in [9.17, 15) is 0 Å². The number of aromatic nitrogens is 1. The van der Waals surface area contributed by atoms with Crippen LogP contribution in [-0.2, 0) is 20.7 Å². The topological polar surface area (TPSA) is 109 Å². The molecule has 168 valence electrons. The van der Waals surface area contributed by atoms with Crippen LogP contribution in [0.15, 0.2) is 54.7 Å². The molecule has 2 aromatic rings. The molecule has 2 fully saturated rings. The van der Waals surface area contributed by atoms with Crippen LogP contribution in [0.1, 0.15) is 24.8 Å². The lowest BCUT2D eigenvalue weighted by Crippen LogP contribution is -2.48. The van der Waals surface area contributed by atoms with E-state index in [0.717, 1.165) is 32.4 Å². The molecule has 0 bridgehead atoms. The Balaban J connectivity index is 0.000000513. The van der Waals surface area contributed by atoms with Crippen LogP contribution < -0.4 is 4.74 Å². The third-order valence-corrected chi connectivity index (χ3v) is 5.28. The van der Waals surface area contributed by atoms with Gasteiger partial charge in [-0.2, -0.15) is 0 Å². The summed E-state index contributed by atoms with van der Waals surface area (Å²) in [6.07, 6.45) is 6.29. The van der Waals surface area contributed by atoms with Gasteiger partial charge in [0.1, 0.15) is 6.10 Å². The van der Waals surface area contributed by atoms with Crippen LogP contribution in [0.5, 0.6) is 5.88 Å². The van der Waals surface area contributed by atoms with Crippen molar-refractivity contribution in [2.24, 2.45) is 0 Å². The van der Waals surface area contributed by atoms with Crippen molar-refractivity contribution in [1.29, 1.82) is 0 Å². The summed E-state index contributed by atoms with van der Waals surface area (Å²) in [5, 5.41) is 13.8. The highest BCUT2D eigenvalue weighted by Crippen LogP contribution is 2.36. The van der Waals surface area contributed by atoms with Gasteiger partial charge >= 0.3 is 0 Å². The molecule has 2 aliphatic heterocycles. The van der Waals surface area contributed by atoms with Gasteiger partial charge in [0.05, 0.1) is 12.2 Å². The number of ether oxygens (including phenoxy) is 2. The average Bonchev–Trinajstić information content (AvgIpc) is 3.16. The molecule has 1 aromatic carbocycles. The van der Waals surface area contributed by atoms with Gasteiger partial charge in [-0.15, -0.1) is 0 Å². The largest absolute Gasteiger partial charge is 0.483 e. The molecule has 2 N–H and O–H groups in total. The molecule has 4 rings (SSSR count). The third-order valence-electron chi connectivity index (χ3n) is 5.28. The van der Waals surface area contributed by atoms with Gasteiger partial charge in [0.2, 0.25) is 5.88 Å². The van der Waals surface area contributed by atoms with Crippen LogP contribution in [0, 0.1) is 0 Å². The zero-order valence-electron chi connectivity index (χ0n) is 17.5. The molecule has 31 heavy (non-hydrogen) atoms. The molecule has 0 unspecified atom stereocenters. The minimum absolute atomic E-state index is 0.0333. The molecule has 8 heteroatoms. The highest BCUT2D eigenvalue weighted by atomic mass is 16.6. The second-order valence-corrected chi connectivity index (χ2v) is 7.43. The smallest absolute Gasteiger partial charge is 0.290 e. The van der Waals surface area contributed by atoms with E-state index in [1.807, 2.05) is 18.2 Å². The maximum Gasteiger partial charge on any atom is 0.290 e. The molecule has 0 aliphatic carbocycles. The van der Waals surface area contributed by atoms with Gasteiger partial charge in [-0.05, 0) is 37.4 Å². The maximum absolute atomic E-state index is 8.36. The Bertz CT molecular complexity index is 755. The normalized spacial score (nSPS) is 22.4. The number of carboxylic acid groups (broad SMARTS) is 2. The quantitative estimate of drug-likeness (QED) is 0.697. The minimum Gasteiger partial charge on any atom is -0.483 e. The molecule has 0 amide bonds. The predicted octanol–water partition coefficient (Wildman–Crippen LogP) is 2.73. The van der Waals surface area contributed by atoms with Gasteiger partial charge in [0.25, 0.3) is 12.9 Å². The van der Waals surface area contributed by atoms with E-state index in [0.29, 0.717) is 12.5 Å². The van der Waals surface area contributed by atoms with E-state index in [4.69, 9.17) is 29.3 Å². The molecule has 0 radical (unpaired) electrons. The van der Waals surface area contributed by atoms with Crippen molar-refractivity contribution in [1.82, 2.24) is 9.88 Å². The number of hydrogen-bond acceptors (Lipinski definition) is 6. The Labute approximate surface area is 182 Å². The monoisotopic (exact) mass is 430 g/mol. The first-order chi connectivity index (χ1) is 15.1. The number of nitrogens with zero attached hydrogens (tertiary/aromatic N) is 2. The Morgan fingerprint density at radius 2 is 1.84 bits per heavy atom. The van der Waals surface area contributed by atoms with E-state index in [2.05, 4.69) is 40.2 Å². The van der Waals surface area contributed by atoms with E-state index in [1.54, 1.807) is 6.20 Å². The van der Waals surface area contributed by atoms with Gasteiger partial charge in [0.15, 0.2) is 0 Å². The Morgan fingerprint density at radius 3 is 2.52 bits per heavy atom. The summed E-state index contributed by atoms with van der Waals surface area (Å²) >= 11 is 0. The average molecular weight is 431 g/mol. The van der Waals surface area contributed by atoms with Gasteiger partial charge in [-0.3, -0.25) is 9.59 Å². The fraction of sp³-hybridized carbons (Fsp3) is 0.435. The molecule has 2 aliphatic rings. The Kier molecular flexibility index (Phi) is 10.5. The summed E-state index contributed by atoms with van der Waals surface area (Å²) in [6, 6.07) is 16.5. The lowest BCUT2D eigenvalue weighted by Gasteiger charge is -2.39. The van der Waals surface area contributed by atoms with Crippen molar-refractivity contribution in [2.75, 3.05) is 26.2 Å². The van der Waals surface area contributed by atoms with Crippen molar-refractivity contribution >= 4 is 12.9 Å². The maximum atomic E-state index is 8.36. The summed E-state index contributed by atoms with van der Waals surface area (Å²) in [6.45, 7) is 3.45. The molecule has 1 aromatic heterocycles. The number of benzene rings is 1. The lowest BCUT2D eigenvalue weighted by molar-refractivity contribution is -0.123. The fourth-order valence-corrected chi connectivity index (χ4v) is 4.06. The highest BCUT2D eigenvalue weighted by molar-refractivity contribution is 5.33. The van der Waals surface area contributed by atoms with Crippen molar-refractivity contribution in [3.63, 3.8) is 0 Å². The third kappa shape index (κ3) is 8.35. The zero-order valence-corrected chi connectivity index (χ0v) is 17.5. The van der Waals surface area contributed by atoms with Gasteiger partial charge < -0.3 is 24.6 Å². The highest BCUT2D eigenvalue weighted by Gasteiger charge is 2.44. The van der Waals surface area contributed by atoms with Crippen LogP contribution >= 0.6 is 0 Å². The number of hydrogen-bond donors (Lipinski definition) is 2. The van der Waals surface area contributed by atoms with E-state index in [-0.39, 0.29) is 24.6 Å². The molecule has 8 nitrogen and oxygen atoms in total. The standard InChI is InChI=1S/C21H26N2O2.2CH2O2/c1-2-7-18(8-3-1)10-14-23-13-6-11-21(17-23)15-19(16-24-21)25-20-9-4-5-12-22-20;2*2-1-3/h1-5,7-9,12,19H,6,10-11,13-17H2;2*1H,(H,2,3)/t19-,21-;;/m1../s1. The van der Waals surface area contributed by atoms with Crippen molar-refractivity contribution < 1.29 is 29.3 Å². The van der Waals surface area contributed by atoms with Crippen LogP contribution in [-0.4, -0.2) is 71.0 Å². The minimum atomic E-state index is -0.250. The van der Waals surface area contributed by atoms with Gasteiger partial charge in [0, 0.05) is 31.8 Å². The summed E-state index contributed by atoms with van der Waals surface area (Å²) in [7, 11) is 0. The Morgan fingerprint density at radius 1 is 1.13 bits per heavy atom. The zero-order chi connectivity index (χ0) is 22.4. The van der Waals surface area contributed by atoms with Crippen LogP contribution in [0.3, 0.4) is 0 Å². The molecule has 2 saturated heterocycles. The first-order valence-electron chi connectivity index (χ1n) is 10.3. The van der Waals surface area contributed by atoms with Crippen LogP contribution in [0.2, 0.25) is 0 Å².